The van der Waals surface area contributed by atoms with Gasteiger partial charge in [0.15, 0.2) is 11.0 Å². The second-order valence-corrected chi connectivity index (χ2v) is 7.84. The lowest BCUT2D eigenvalue weighted by Gasteiger charge is -2.14. The fourth-order valence-electron chi connectivity index (χ4n) is 2.69. The normalized spacial score (nSPS) is 11.6. The molecule has 1 atom stereocenters. The van der Waals surface area contributed by atoms with Gasteiger partial charge in [-0.25, -0.2) is 4.79 Å². The van der Waals surface area contributed by atoms with Crippen molar-refractivity contribution in [3.05, 3.63) is 54.1 Å². The van der Waals surface area contributed by atoms with E-state index in [2.05, 4.69) is 20.8 Å². The van der Waals surface area contributed by atoms with Crippen LogP contribution < -0.4 is 15.4 Å². The molecule has 8 nitrogen and oxygen atoms in total. The number of aromatic nitrogens is 3. The molecule has 0 fully saturated rings. The molecular weight excluding hydrogens is 402 g/mol. The van der Waals surface area contributed by atoms with Crippen molar-refractivity contribution in [3.8, 4) is 22.8 Å². The van der Waals surface area contributed by atoms with Gasteiger partial charge in [-0.3, -0.25) is 14.7 Å². The van der Waals surface area contributed by atoms with Gasteiger partial charge in [-0.15, -0.1) is 10.2 Å². The molecule has 0 spiro atoms. The number of hydrogen-bond donors (Lipinski definition) is 2. The minimum atomic E-state index is -0.556. The van der Waals surface area contributed by atoms with Crippen molar-refractivity contribution in [2.75, 3.05) is 14.2 Å². The third-order valence-electron chi connectivity index (χ3n) is 4.39. The van der Waals surface area contributed by atoms with Crippen molar-refractivity contribution in [2.45, 2.75) is 24.3 Å². The quantitative estimate of drug-likeness (QED) is 0.589. The van der Waals surface area contributed by atoms with E-state index in [0.29, 0.717) is 11.0 Å². The van der Waals surface area contributed by atoms with Crippen molar-refractivity contribution in [2.24, 2.45) is 0 Å². The number of benzene rings is 2. The average molecular weight is 426 g/mol. The maximum Gasteiger partial charge on any atom is 0.321 e. The number of carbonyl (C=O) groups excluding carboxylic acids is 2. The highest BCUT2D eigenvalue weighted by Gasteiger charge is 2.22. The Kier molecular flexibility index (Phi) is 6.73. The van der Waals surface area contributed by atoms with Crippen molar-refractivity contribution in [1.29, 1.82) is 0 Å². The van der Waals surface area contributed by atoms with Crippen molar-refractivity contribution < 1.29 is 14.3 Å². The van der Waals surface area contributed by atoms with Crippen LogP contribution in [0.25, 0.3) is 17.1 Å². The van der Waals surface area contributed by atoms with E-state index in [4.69, 9.17) is 4.74 Å². The van der Waals surface area contributed by atoms with E-state index >= 15 is 0 Å². The molecule has 3 aromatic rings. The second kappa shape index (κ2) is 9.45. The summed E-state index contributed by atoms with van der Waals surface area (Å²) >= 11 is 1.23. The number of nitrogens with one attached hydrogen (secondary N) is 2. The predicted molar refractivity (Wildman–Crippen MR) is 116 cm³/mol. The summed E-state index contributed by atoms with van der Waals surface area (Å²) in [5.74, 6) is 0.973. The van der Waals surface area contributed by atoms with Crippen LogP contribution in [0, 0.1) is 6.92 Å². The van der Waals surface area contributed by atoms with Crippen LogP contribution in [0.4, 0.5) is 4.79 Å². The number of aryl methyl sites for hydroxylation is 1. The first-order chi connectivity index (χ1) is 14.4. The Morgan fingerprint density at radius 2 is 1.73 bits per heavy atom. The topological polar surface area (TPSA) is 98.1 Å². The molecule has 30 heavy (non-hydrogen) atoms. The zero-order valence-electron chi connectivity index (χ0n) is 17.2. The minimum Gasteiger partial charge on any atom is -0.497 e. The number of rotatable bonds is 6. The monoisotopic (exact) mass is 425 g/mol. The van der Waals surface area contributed by atoms with Crippen LogP contribution in [0.5, 0.6) is 5.75 Å². The Balaban J connectivity index is 1.98. The molecular formula is C21H23N5O3S. The van der Waals surface area contributed by atoms with Crippen LogP contribution in [0.2, 0.25) is 0 Å². The van der Waals surface area contributed by atoms with Crippen LogP contribution in [0.15, 0.2) is 53.7 Å². The summed E-state index contributed by atoms with van der Waals surface area (Å²) in [4.78, 5) is 23.7. The number of imide groups is 1. The number of nitrogens with zero attached hydrogens (tertiary/aromatic N) is 3. The molecule has 2 N–H and O–H groups in total. The number of urea groups is 1. The van der Waals surface area contributed by atoms with E-state index in [9.17, 15) is 9.59 Å². The Morgan fingerprint density at radius 3 is 2.33 bits per heavy atom. The van der Waals surface area contributed by atoms with Gasteiger partial charge in [-0.05, 0) is 50.2 Å². The van der Waals surface area contributed by atoms with Crippen LogP contribution in [0.3, 0.4) is 0 Å². The SMILES string of the molecule is CNC(=O)NC(=O)C(C)Sc1nnc(-c2ccc(OC)cc2)n1-c1ccc(C)cc1. The molecule has 0 aliphatic rings. The van der Waals surface area contributed by atoms with Gasteiger partial charge in [-0.2, -0.15) is 0 Å². The van der Waals surface area contributed by atoms with Crippen LogP contribution in [0.1, 0.15) is 12.5 Å². The zero-order chi connectivity index (χ0) is 21.7. The summed E-state index contributed by atoms with van der Waals surface area (Å²) < 4.78 is 7.13. The summed E-state index contributed by atoms with van der Waals surface area (Å²) in [7, 11) is 3.07. The van der Waals surface area contributed by atoms with E-state index < -0.39 is 17.2 Å². The first-order valence-corrected chi connectivity index (χ1v) is 10.2. The summed E-state index contributed by atoms with van der Waals surface area (Å²) in [6, 6.07) is 14.9. The van der Waals surface area contributed by atoms with E-state index in [1.165, 1.54) is 18.8 Å². The van der Waals surface area contributed by atoms with Gasteiger partial charge < -0.3 is 10.1 Å². The summed E-state index contributed by atoms with van der Waals surface area (Å²) in [5.41, 5.74) is 2.86. The number of hydrogen-bond acceptors (Lipinski definition) is 6. The highest BCUT2D eigenvalue weighted by Crippen LogP contribution is 2.31. The third-order valence-corrected chi connectivity index (χ3v) is 5.43. The molecule has 0 saturated carbocycles. The van der Waals surface area contributed by atoms with Crippen molar-refractivity contribution >= 4 is 23.7 Å². The van der Waals surface area contributed by atoms with Crippen LogP contribution >= 0.6 is 11.8 Å². The molecule has 1 unspecified atom stereocenters. The molecule has 0 saturated heterocycles. The molecule has 0 aliphatic carbocycles. The number of methoxy groups -OCH3 is 1. The predicted octanol–water partition coefficient (Wildman–Crippen LogP) is 3.19. The molecule has 3 amide bonds. The lowest BCUT2D eigenvalue weighted by atomic mass is 10.2. The molecule has 9 heteroatoms. The Bertz CT molecular complexity index is 1030. The standard InChI is InChI=1S/C21H23N5O3S/c1-13-5-9-16(10-6-13)26-18(15-7-11-17(29-4)12-8-15)24-25-21(26)30-14(2)19(27)23-20(28)22-3/h5-12,14H,1-4H3,(H2,22,23,27,28). The van der Waals surface area contributed by atoms with Gasteiger partial charge in [-0.1, -0.05) is 29.5 Å². The van der Waals surface area contributed by atoms with Gasteiger partial charge in [0.25, 0.3) is 0 Å². The molecule has 1 heterocycles. The lowest BCUT2D eigenvalue weighted by molar-refractivity contribution is -0.119. The molecule has 156 valence electrons. The van der Waals surface area contributed by atoms with Crippen LogP contribution in [-0.2, 0) is 4.79 Å². The zero-order valence-corrected chi connectivity index (χ0v) is 18.0. The Hall–Kier alpha value is -3.33. The number of thioether (sulfide) groups is 1. The van der Waals surface area contributed by atoms with E-state index in [-0.39, 0.29) is 0 Å². The van der Waals surface area contributed by atoms with Gasteiger partial charge in [0.05, 0.1) is 12.4 Å². The molecule has 0 radical (unpaired) electrons. The molecule has 2 aromatic carbocycles. The average Bonchev–Trinajstić information content (AvgIpc) is 3.17. The number of carbonyl (C=O) groups is 2. The van der Waals surface area contributed by atoms with E-state index in [1.54, 1.807) is 14.0 Å². The van der Waals surface area contributed by atoms with E-state index in [0.717, 1.165) is 22.6 Å². The van der Waals surface area contributed by atoms with Gasteiger partial charge in [0.2, 0.25) is 5.91 Å². The van der Waals surface area contributed by atoms with Gasteiger partial charge >= 0.3 is 6.03 Å². The second-order valence-electron chi connectivity index (χ2n) is 6.53. The molecule has 0 bridgehead atoms. The lowest BCUT2D eigenvalue weighted by Crippen LogP contribution is -2.41. The smallest absolute Gasteiger partial charge is 0.321 e. The molecule has 3 rings (SSSR count). The number of ether oxygens (including phenoxy) is 1. The van der Waals surface area contributed by atoms with Crippen molar-refractivity contribution in [1.82, 2.24) is 25.4 Å². The first-order valence-electron chi connectivity index (χ1n) is 9.29. The fourth-order valence-corrected chi connectivity index (χ4v) is 3.56. The molecule has 0 aliphatic heterocycles. The maximum atomic E-state index is 12.3. The summed E-state index contributed by atoms with van der Waals surface area (Å²) in [5, 5.41) is 13.3. The third kappa shape index (κ3) is 4.80. The Labute approximate surface area is 179 Å². The first kappa shape index (κ1) is 21.4. The van der Waals surface area contributed by atoms with Crippen LogP contribution in [-0.4, -0.2) is 46.1 Å². The van der Waals surface area contributed by atoms with Gasteiger partial charge in [0.1, 0.15) is 5.75 Å². The van der Waals surface area contributed by atoms with Gasteiger partial charge in [0, 0.05) is 18.3 Å². The highest BCUT2D eigenvalue weighted by molar-refractivity contribution is 8.00. The maximum absolute atomic E-state index is 12.3. The minimum absolute atomic E-state index is 0.413. The number of amides is 3. The summed E-state index contributed by atoms with van der Waals surface area (Å²) in [6.45, 7) is 3.73. The molecule has 1 aromatic heterocycles. The van der Waals surface area contributed by atoms with Crippen molar-refractivity contribution in [3.63, 3.8) is 0 Å². The fraction of sp³-hybridized carbons (Fsp3) is 0.238. The largest absolute Gasteiger partial charge is 0.497 e. The Morgan fingerprint density at radius 1 is 1.07 bits per heavy atom. The highest BCUT2D eigenvalue weighted by atomic mass is 32.2. The summed E-state index contributed by atoms with van der Waals surface area (Å²) in [6.07, 6.45) is 0. The van der Waals surface area contributed by atoms with E-state index in [1.807, 2.05) is 60.0 Å².